The molecule has 1 aromatic carbocycles. The highest BCUT2D eigenvalue weighted by atomic mass is 127. The molecule has 0 aliphatic carbocycles. The summed E-state index contributed by atoms with van der Waals surface area (Å²) in [5.41, 5.74) is 1.18. The molecule has 1 aliphatic rings. The van der Waals surface area contributed by atoms with Crippen molar-refractivity contribution in [1.29, 1.82) is 0 Å². The Labute approximate surface area is 181 Å². The summed E-state index contributed by atoms with van der Waals surface area (Å²) in [5, 5.41) is 6.60. The summed E-state index contributed by atoms with van der Waals surface area (Å²) in [6, 6.07) is 8.86. The van der Waals surface area contributed by atoms with Gasteiger partial charge >= 0.3 is 0 Å². The van der Waals surface area contributed by atoms with Crippen molar-refractivity contribution in [2.75, 3.05) is 47.0 Å². The monoisotopic (exact) mass is 490 g/mol. The van der Waals surface area contributed by atoms with Crippen LogP contribution in [0.25, 0.3) is 0 Å². The maximum absolute atomic E-state index is 5.96. The third-order valence-electron chi connectivity index (χ3n) is 4.65. The van der Waals surface area contributed by atoms with Gasteiger partial charge in [-0.05, 0) is 44.0 Å². The Balaban J connectivity index is 0.00000364. The van der Waals surface area contributed by atoms with E-state index in [2.05, 4.69) is 46.6 Å². The number of ether oxygens (including phenoxy) is 2. The van der Waals surface area contributed by atoms with Crippen molar-refractivity contribution in [3.05, 3.63) is 29.8 Å². The Morgan fingerprint density at radius 1 is 1.30 bits per heavy atom. The summed E-state index contributed by atoms with van der Waals surface area (Å²) >= 11 is 0. The molecule has 27 heavy (non-hydrogen) atoms. The summed E-state index contributed by atoms with van der Waals surface area (Å²) in [5.74, 6) is 1.75. The van der Waals surface area contributed by atoms with Gasteiger partial charge in [0, 0.05) is 45.9 Å². The SMILES string of the molecule is CCCNC(=NC)NCc1cccc(OCCN(C)C2CCOCC2)c1.I. The third-order valence-corrected chi connectivity index (χ3v) is 4.65. The molecule has 0 aromatic heterocycles. The van der Waals surface area contributed by atoms with Crippen LogP contribution in [0.4, 0.5) is 0 Å². The smallest absolute Gasteiger partial charge is 0.191 e. The Kier molecular flexibility index (Phi) is 12.4. The Morgan fingerprint density at radius 2 is 2.07 bits per heavy atom. The molecule has 2 N–H and O–H groups in total. The molecule has 0 atom stereocenters. The van der Waals surface area contributed by atoms with Crippen LogP contribution in [-0.4, -0.2) is 63.9 Å². The van der Waals surface area contributed by atoms with Crippen molar-refractivity contribution in [2.24, 2.45) is 4.99 Å². The van der Waals surface area contributed by atoms with Crippen molar-refractivity contribution in [3.8, 4) is 5.75 Å². The van der Waals surface area contributed by atoms with E-state index in [9.17, 15) is 0 Å². The lowest BCUT2D eigenvalue weighted by Gasteiger charge is -2.31. The van der Waals surface area contributed by atoms with Crippen molar-refractivity contribution in [2.45, 2.75) is 38.8 Å². The quantitative estimate of drug-likeness (QED) is 0.317. The molecule has 6 nitrogen and oxygen atoms in total. The number of nitrogens with one attached hydrogen (secondary N) is 2. The highest BCUT2D eigenvalue weighted by Gasteiger charge is 2.17. The molecule has 7 heteroatoms. The molecular weight excluding hydrogens is 455 g/mol. The lowest BCUT2D eigenvalue weighted by molar-refractivity contribution is 0.0392. The molecular formula is C20H35IN4O2. The lowest BCUT2D eigenvalue weighted by atomic mass is 10.1. The van der Waals surface area contributed by atoms with Gasteiger partial charge in [0.2, 0.25) is 0 Å². The molecule has 1 heterocycles. The maximum atomic E-state index is 5.96. The van der Waals surface area contributed by atoms with Gasteiger partial charge in [0.25, 0.3) is 0 Å². The molecule has 2 rings (SSSR count). The summed E-state index contributed by atoms with van der Waals surface area (Å²) < 4.78 is 11.4. The van der Waals surface area contributed by atoms with Crippen molar-refractivity contribution >= 4 is 29.9 Å². The molecule has 1 fully saturated rings. The van der Waals surface area contributed by atoms with Gasteiger partial charge in [-0.15, -0.1) is 24.0 Å². The van der Waals surface area contributed by atoms with Crippen LogP contribution >= 0.6 is 24.0 Å². The second-order valence-electron chi connectivity index (χ2n) is 6.67. The minimum Gasteiger partial charge on any atom is -0.492 e. The van der Waals surface area contributed by atoms with Crippen LogP contribution in [0.1, 0.15) is 31.7 Å². The summed E-state index contributed by atoms with van der Waals surface area (Å²) in [6.07, 6.45) is 3.31. The number of hydrogen-bond acceptors (Lipinski definition) is 4. The highest BCUT2D eigenvalue weighted by molar-refractivity contribution is 14.0. The van der Waals surface area contributed by atoms with E-state index in [-0.39, 0.29) is 24.0 Å². The fourth-order valence-electron chi connectivity index (χ4n) is 3.01. The standard InChI is InChI=1S/C20H34N4O2.HI/c1-4-10-22-20(21-2)23-16-17-6-5-7-19(15-17)26-14-11-24(3)18-8-12-25-13-9-18;/h5-7,15,18H,4,8-14,16H2,1-3H3,(H2,21,22,23);1H. The van der Waals surface area contributed by atoms with Crippen molar-refractivity contribution in [3.63, 3.8) is 0 Å². The number of rotatable bonds is 9. The van der Waals surface area contributed by atoms with E-state index >= 15 is 0 Å². The van der Waals surface area contributed by atoms with Crippen LogP contribution in [0.5, 0.6) is 5.75 Å². The van der Waals surface area contributed by atoms with Gasteiger partial charge in [-0.2, -0.15) is 0 Å². The van der Waals surface area contributed by atoms with Gasteiger partial charge in [-0.25, -0.2) is 0 Å². The van der Waals surface area contributed by atoms with E-state index in [0.29, 0.717) is 12.6 Å². The number of nitrogens with zero attached hydrogens (tertiary/aromatic N) is 2. The minimum absolute atomic E-state index is 0. The topological polar surface area (TPSA) is 58.1 Å². The normalized spacial score (nSPS) is 15.3. The maximum Gasteiger partial charge on any atom is 0.191 e. The summed E-state index contributed by atoms with van der Waals surface area (Å²) in [6.45, 7) is 7.17. The highest BCUT2D eigenvalue weighted by Crippen LogP contribution is 2.15. The van der Waals surface area contributed by atoms with E-state index < -0.39 is 0 Å². The number of guanidine groups is 1. The van der Waals surface area contributed by atoms with E-state index in [4.69, 9.17) is 9.47 Å². The zero-order chi connectivity index (χ0) is 18.6. The van der Waals surface area contributed by atoms with Gasteiger partial charge in [-0.1, -0.05) is 19.1 Å². The van der Waals surface area contributed by atoms with Crippen LogP contribution in [0.2, 0.25) is 0 Å². The number of benzene rings is 1. The average molecular weight is 490 g/mol. The largest absolute Gasteiger partial charge is 0.492 e. The van der Waals surface area contributed by atoms with Gasteiger partial charge in [0.05, 0.1) is 0 Å². The molecule has 1 aromatic rings. The van der Waals surface area contributed by atoms with Gasteiger partial charge in [0.1, 0.15) is 12.4 Å². The fraction of sp³-hybridized carbons (Fsp3) is 0.650. The zero-order valence-electron chi connectivity index (χ0n) is 16.9. The second kappa shape index (κ2) is 14.0. The second-order valence-corrected chi connectivity index (χ2v) is 6.67. The molecule has 0 saturated carbocycles. The molecule has 1 aliphatic heterocycles. The van der Waals surface area contributed by atoms with Crippen LogP contribution in [0.15, 0.2) is 29.3 Å². The summed E-state index contributed by atoms with van der Waals surface area (Å²) in [4.78, 5) is 6.61. The number of hydrogen-bond donors (Lipinski definition) is 2. The predicted molar refractivity (Wildman–Crippen MR) is 122 cm³/mol. The minimum atomic E-state index is 0. The Morgan fingerprint density at radius 3 is 2.78 bits per heavy atom. The van der Waals surface area contributed by atoms with Crippen LogP contribution in [0, 0.1) is 0 Å². The molecule has 0 radical (unpaired) electrons. The van der Waals surface area contributed by atoms with Crippen LogP contribution in [0.3, 0.4) is 0 Å². The van der Waals surface area contributed by atoms with Crippen LogP contribution < -0.4 is 15.4 Å². The molecule has 0 spiro atoms. The number of likely N-dealkylation sites (N-methyl/N-ethyl adjacent to an activating group) is 1. The third kappa shape index (κ3) is 9.12. The first-order chi connectivity index (χ1) is 12.7. The molecule has 154 valence electrons. The molecule has 1 saturated heterocycles. The zero-order valence-corrected chi connectivity index (χ0v) is 19.2. The first-order valence-corrected chi connectivity index (χ1v) is 9.67. The average Bonchev–Trinajstić information content (AvgIpc) is 2.69. The van der Waals surface area contributed by atoms with Gasteiger partial charge < -0.3 is 20.1 Å². The lowest BCUT2D eigenvalue weighted by Crippen LogP contribution is -2.38. The van der Waals surface area contributed by atoms with E-state index in [0.717, 1.165) is 63.8 Å². The van der Waals surface area contributed by atoms with E-state index in [1.54, 1.807) is 7.05 Å². The van der Waals surface area contributed by atoms with Gasteiger partial charge in [0.15, 0.2) is 5.96 Å². The van der Waals surface area contributed by atoms with E-state index in [1.165, 1.54) is 5.56 Å². The predicted octanol–water partition coefficient (Wildman–Crippen LogP) is 2.87. The Hall–Kier alpha value is -1.06. The first-order valence-electron chi connectivity index (χ1n) is 9.67. The molecule has 0 unspecified atom stereocenters. The van der Waals surface area contributed by atoms with Crippen molar-refractivity contribution in [1.82, 2.24) is 15.5 Å². The Bertz CT molecular complexity index is 551. The van der Waals surface area contributed by atoms with Crippen LogP contribution in [-0.2, 0) is 11.3 Å². The van der Waals surface area contributed by atoms with E-state index in [1.807, 2.05) is 12.1 Å². The van der Waals surface area contributed by atoms with Gasteiger partial charge in [-0.3, -0.25) is 9.89 Å². The number of aliphatic imine (C=N–C) groups is 1. The summed E-state index contributed by atoms with van der Waals surface area (Å²) in [7, 11) is 3.97. The molecule has 0 amide bonds. The number of halogens is 1. The van der Waals surface area contributed by atoms with Crippen molar-refractivity contribution < 1.29 is 9.47 Å². The fourth-order valence-corrected chi connectivity index (χ4v) is 3.01. The molecule has 0 bridgehead atoms. The first kappa shape index (κ1) is 24.0.